The molecule has 5 rings (SSSR count). The average Bonchev–Trinajstić information content (AvgIpc) is 3.72. The molecule has 2 saturated carbocycles. The van der Waals surface area contributed by atoms with Crippen molar-refractivity contribution in [2.24, 2.45) is 5.92 Å². The van der Waals surface area contributed by atoms with E-state index in [2.05, 4.69) is 15.6 Å². The van der Waals surface area contributed by atoms with E-state index >= 15 is 0 Å². The number of nitrogens with zero attached hydrogens (tertiary/aromatic N) is 1. The number of Topliss-reactive ketones (excluding diaryl/α,β-unsaturated/α-hetero) is 1. The monoisotopic (exact) mass is 481 g/mol. The lowest BCUT2D eigenvalue weighted by Gasteiger charge is -2.14. The molecule has 1 heterocycles. The second-order valence-electron chi connectivity index (χ2n) is 8.57. The summed E-state index contributed by atoms with van der Waals surface area (Å²) in [6.07, 6.45) is 6.72. The summed E-state index contributed by atoms with van der Waals surface area (Å²) < 4.78 is 11.6. The zero-order chi connectivity index (χ0) is 22.9. The maximum absolute atomic E-state index is 12.8. The number of methoxy groups -OCH3 is 1. The Morgan fingerprint density at radius 2 is 1.97 bits per heavy atom. The van der Waals surface area contributed by atoms with E-state index in [1.54, 1.807) is 31.5 Å². The quantitative estimate of drug-likeness (QED) is 0.296. The van der Waals surface area contributed by atoms with Crippen molar-refractivity contribution in [1.29, 1.82) is 0 Å². The number of benzene rings is 2. The second kappa shape index (κ2) is 9.15. The van der Waals surface area contributed by atoms with Crippen molar-refractivity contribution in [2.75, 3.05) is 12.4 Å². The first-order valence-corrected chi connectivity index (χ1v) is 11.8. The lowest BCUT2D eigenvalue weighted by Crippen LogP contribution is -2.30. The molecule has 2 N–H and O–H groups in total. The van der Waals surface area contributed by atoms with Gasteiger partial charge in [-0.15, -0.1) is 0 Å². The van der Waals surface area contributed by atoms with Crippen LogP contribution in [0.4, 0.5) is 5.69 Å². The van der Waals surface area contributed by atoms with Gasteiger partial charge in [-0.25, -0.2) is 0 Å². The summed E-state index contributed by atoms with van der Waals surface area (Å²) in [6, 6.07) is 11.2. The molecule has 0 radical (unpaired) electrons. The molecule has 0 spiro atoms. The number of anilines is 1. The fourth-order valence-corrected chi connectivity index (χ4v) is 4.17. The molecule has 6 nitrogen and oxygen atoms in total. The van der Waals surface area contributed by atoms with Crippen LogP contribution in [0.3, 0.4) is 0 Å². The van der Waals surface area contributed by atoms with E-state index in [-0.39, 0.29) is 5.78 Å². The highest BCUT2D eigenvalue weighted by Crippen LogP contribution is 2.38. The van der Waals surface area contributed by atoms with Gasteiger partial charge in [-0.3, -0.25) is 9.78 Å². The Balaban J connectivity index is 1.40. The Morgan fingerprint density at radius 1 is 1.15 bits per heavy atom. The third-order valence-corrected chi connectivity index (χ3v) is 6.36. The summed E-state index contributed by atoms with van der Waals surface area (Å²) in [5, 5.41) is 8.15. The number of hydrogen-bond donors (Lipinski definition) is 2. The van der Waals surface area contributed by atoms with Gasteiger partial charge in [-0.2, -0.15) is 0 Å². The van der Waals surface area contributed by atoms with E-state index in [9.17, 15) is 4.79 Å². The normalized spacial score (nSPS) is 15.2. The van der Waals surface area contributed by atoms with Crippen LogP contribution >= 0.6 is 23.8 Å². The molecule has 170 valence electrons. The molecule has 0 amide bonds. The molecule has 3 aromatic rings. The number of nitrogens with one attached hydrogen (secondary N) is 2. The molecule has 0 saturated heterocycles. The Morgan fingerprint density at radius 3 is 2.67 bits per heavy atom. The molecular weight excluding hydrogens is 458 g/mol. The van der Waals surface area contributed by atoms with Crippen LogP contribution in [0.25, 0.3) is 10.9 Å². The first kappa shape index (κ1) is 21.9. The minimum absolute atomic E-state index is 0.0836. The maximum atomic E-state index is 12.8. The average molecular weight is 482 g/mol. The minimum atomic E-state index is 0.0836. The van der Waals surface area contributed by atoms with Crippen molar-refractivity contribution in [3.05, 3.63) is 53.2 Å². The van der Waals surface area contributed by atoms with Gasteiger partial charge in [0.1, 0.15) is 17.2 Å². The molecule has 2 fully saturated rings. The van der Waals surface area contributed by atoms with Crippen LogP contribution in [0.2, 0.25) is 5.02 Å². The summed E-state index contributed by atoms with van der Waals surface area (Å²) >= 11 is 11.8. The molecule has 0 unspecified atom stereocenters. The standard InChI is InChI=1S/C25H24ClN3O3S/c1-31-24-13-21-17(12-18(24)22(30)10-14-2-3-14)23(8-9-27-21)32-16-6-7-20(19(26)11-16)29-25(33)28-15-4-5-15/h6-9,11-15H,2-5,10H2,1H3,(H2,28,29,33). The van der Waals surface area contributed by atoms with Gasteiger partial charge in [-0.05, 0) is 68.1 Å². The molecule has 0 atom stereocenters. The fourth-order valence-electron chi connectivity index (χ4n) is 3.68. The Kier molecular flexibility index (Phi) is 6.08. The SMILES string of the molecule is COc1cc2nccc(Oc3ccc(NC(=S)NC4CC4)c(Cl)c3)c2cc1C(=O)CC1CC1. The van der Waals surface area contributed by atoms with Gasteiger partial charge in [0.2, 0.25) is 0 Å². The summed E-state index contributed by atoms with van der Waals surface area (Å²) in [5.41, 5.74) is 1.96. The van der Waals surface area contributed by atoms with Gasteiger partial charge in [0.25, 0.3) is 0 Å². The number of carbonyl (C=O) groups is 1. The van der Waals surface area contributed by atoms with E-state index in [1.807, 2.05) is 18.2 Å². The number of fused-ring (bicyclic) bond motifs is 1. The smallest absolute Gasteiger partial charge is 0.171 e. The molecule has 0 aliphatic heterocycles. The molecule has 2 aliphatic carbocycles. The first-order chi connectivity index (χ1) is 16.0. The number of rotatable bonds is 8. The fraction of sp³-hybridized carbons (Fsp3) is 0.320. The predicted octanol–water partition coefficient (Wildman–Crippen LogP) is 6.12. The van der Waals surface area contributed by atoms with Crippen LogP contribution in [-0.4, -0.2) is 29.0 Å². The van der Waals surface area contributed by atoms with E-state index < -0.39 is 0 Å². The molecule has 1 aromatic heterocycles. The lowest BCUT2D eigenvalue weighted by molar-refractivity contribution is 0.0973. The van der Waals surface area contributed by atoms with Crippen molar-refractivity contribution >= 4 is 51.3 Å². The van der Waals surface area contributed by atoms with E-state index in [0.29, 0.717) is 62.5 Å². The zero-order valence-electron chi connectivity index (χ0n) is 18.2. The second-order valence-corrected chi connectivity index (χ2v) is 9.38. The minimum Gasteiger partial charge on any atom is -0.496 e. The number of thiocarbonyl (C=S) groups is 1. The van der Waals surface area contributed by atoms with Gasteiger partial charge in [-0.1, -0.05) is 11.6 Å². The van der Waals surface area contributed by atoms with Crippen LogP contribution in [0, 0.1) is 5.92 Å². The van der Waals surface area contributed by atoms with E-state index in [4.69, 9.17) is 33.3 Å². The summed E-state index contributed by atoms with van der Waals surface area (Å²) in [7, 11) is 1.57. The predicted molar refractivity (Wildman–Crippen MR) is 134 cm³/mol. The topological polar surface area (TPSA) is 72.5 Å². The number of pyridine rings is 1. The number of aromatic nitrogens is 1. The maximum Gasteiger partial charge on any atom is 0.171 e. The van der Waals surface area contributed by atoms with Crippen molar-refractivity contribution in [2.45, 2.75) is 38.1 Å². The third kappa shape index (κ3) is 5.20. The van der Waals surface area contributed by atoms with Crippen LogP contribution in [0.1, 0.15) is 42.5 Å². The Labute approximate surface area is 202 Å². The molecule has 33 heavy (non-hydrogen) atoms. The molecular formula is C25H24ClN3O3S. The van der Waals surface area contributed by atoms with Crippen LogP contribution in [-0.2, 0) is 0 Å². The van der Waals surface area contributed by atoms with E-state index in [1.165, 1.54) is 0 Å². The van der Waals surface area contributed by atoms with Crippen molar-refractivity contribution < 1.29 is 14.3 Å². The highest BCUT2D eigenvalue weighted by molar-refractivity contribution is 7.80. The molecule has 0 bridgehead atoms. The van der Waals surface area contributed by atoms with Gasteiger partial charge >= 0.3 is 0 Å². The Hall–Kier alpha value is -2.90. The molecule has 8 heteroatoms. The number of halogens is 1. The van der Waals surface area contributed by atoms with Gasteiger partial charge < -0.3 is 20.1 Å². The summed E-state index contributed by atoms with van der Waals surface area (Å²) in [4.78, 5) is 17.3. The summed E-state index contributed by atoms with van der Waals surface area (Å²) in [5.74, 6) is 2.27. The number of hydrogen-bond acceptors (Lipinski definition) is 5. The van der Waals surface area contributed by atoms with Crippen molar-refractivity contribution in [3.8, 4) is 17.2 Å². The van der Waals surface area contributed by atoms with Crippen LogP contribution < -0.4 is 20.1 Å². The lowest BCUT2D eigenvalue weighted by atomic mass is 10.0. The Bertz CT molecular complexity index is 1240. The van der Waals surface area contributed by atoms with E-state index in [0.717, 1.165) is 31.1 Å². The number of ketones is 1. The van der Waals surface area contributed by atoms with Crippen LogP contribution in [0.15, 0.2) is 42.6 Å². The van der Waals surface area contributed by atoms with Crippen molar-refractivity contribution in [3.63, 3.8) is 0 Å². The number of carbonyl (C=O) groups excluding carboxylic acids is 1. The third-order valence-electron chi connectivity index (χ3n) is 5.82. The van der Waals surface area contributed by atoms with Gasteiger partial charge in [0.05, 0.1) is 28.9 Å². The highest BCUT2D eigenvalue weighted by Gasteiger charge is 2.27. The summed E-state index contributed by atoms with van der Waals surface area (Å²) in [6.45, 7) is 0. The van der Waals surface area contributed by atoms with Crippen LogP contribution in [0.5, 0.6) is 17.2 Å². The first-order valence-electron chi connectivity index (χ1n) is 11.0. The van der Waals surface area contributed by atoms with Gasteiger partial charge in [0.15, 0.2) is 10.9 Å². The highest BCUT2D eigenvalue weighted by atomic mass is 35.5. The largest absolute Gasteiger partial charge is 0.496 e. The molecule has 2 aliphatic rings. The zero-order valence-corrected chi connectivity index (χ0v) is 19.8. The molecule has 2 aromatic carbocycles. The number of ether oxygens (including phenoxy) is 2. The van der Waals surface area contributed by atoms with Crippen molar-refractivity contribution in [1.82, 2.24) is 10.3 Å². The van der Waals surface area contributed by atoms with Gasteiger partial charge in [0, 0.05) is 36.2 Å².